The predicted molar refractivity (Wildman–Crippen MR) is 69.8 cm³/mol. The summed E-state index contributed by atoms with van der Waals surface area (Å²) >= 11 is 4.12. The van der Waals surface area contributed by atoms with E-state index in [1.165, 1.54) is 15.0 Å². The summed E-state index contributed by atoms with van der Waals surface area (Å²) in [5.41, 5.74) is 1.03. The zero-order valence-electron chi connectivity index (χ0n) is 7.88. The van der Waals surface area contributed by atoms with Crippen molar-refractivity contribution < 1.29 is 5.11 Å². The van der Waals surface area contributed by atoms with Crippen LogP contribution in [0, 0.1) is 3.57 Å². The van der Waals surface area contributed by atoms with Crippen LogP contribution >= 0.6 is 33.9 Å². The van der Waals surface area contributed by atoms with E-state index < -0.39 is 0 Å². The van der Waals surface area contributed by atoms with Crippen LogP contribution in [0.15, 0.2) is 18.2 Å². The second kappa shape index (κ2) is 4.16. The lowest BCUT2D eigenvalue weighted by atomic mass is 10.2. The van der Waals surface area contributed by atoms with Crippen molar-refractivity contribution in [2.45, 2.75) is 20.0 Å². The monoisotopic (exact) mass is 318 g/mol. The van der Waals surface area contributed by atoms with E-state index in [1.807, 2.05) is 11.3 Å². The topological polar surface area (TPSA) is 20.2 Å². The van der Waals surface area contributed by atoms with E-state index in [1.54, 1.807) is 0 Å². The fraction of sp³-hybridized carbons (Fsp3) is 0.273. The molecule has 0 unspecified atom stereocenters. The Morgan fingerprint density at radius 3 is 2.79 bits per heavy atom. The molecule has 74 valence electrons. The molecule has 0 bridgehead atoms. The van der Waals surface area contributed by atoms with Gasteiger partial charge in [-0.25, -0.2) is 0 Å². The van der Waals surface area contributed by atoms with Crippen molar-refractivity contribution in [3.8, 4) is 0 Å². The lowest BCUT2D eigenvalue weighted by Gasteiger charge is -1.99. The van der Waals surface area contributed by atoms with Crippen LogP contribution in [0.2, 0.25) is 0 Å². The second-order valence-electron chi connectivity index (χ2n) is 3.21. The fourth-order valence-corrected chi connectivity index (χ4v) is 3.33. The molecule has 0 atom stereocenters. The molecule has 0 radical (unpaired) electrons. The summed E-state index contributed by atoms with van der Waals surface area (Å²) in [6.07, 6.45) is 1.09. The van der Waals surface area contributed by atoms with Gasteiger partial charge in [0.05, 0.1) is 6.61 Å². The van der Waals surface area contributed by atoms with E-state index >= 15 is 0 Å². The molecule has 0 aliphatic rings. The SMILES string of the molecule is CCc1cc2cc(CO)c(I)cc2s1. The molecule has 2 aromatic rings. The number of aryl methyl sites for hydroxylation is 1. The molecule has 1 aromatic heterocycles. The molecule has 14 heavy (non-hydrogen) atoms. The van der Waals surface area contributed by atoms with Gasteiger partial charge in [-0.05, 0) is 58.2 Å². The Hall–Kier alpha value is -0.130. The van der Waals surface area contributed by atoms with E-state index in [4.69, 9.17) is 5.11 Å². The summed E-state index contributed by atoms with van der Waals surface area (Å²) in [5, 5.41) is 10.4. The maximum absolute atomic E-state index is 9.14. The number of aliphatic hydroxyl groups is 1. The molecule has 0 fully saturated rings. The van der Waals surface area contributed by atoms with E-state index in [0.717, 1.165) is 15.6 Å². The Bertz CT molecular complexity index is 462. The van der Waals surface area contributed by atoms with Gasteiger partial charge in [0.15, 0.2) is 0 Å². The lowest BCUT2D eigenvalue weighted by Crippen LogP contribution is -1.86. The molecular weight excluding hydrogens is 307 g/mol. The van der Waals surface area contributed by atoms with Crippen molar-refractivity contribution >= 4 is 44.0 Å². The molecule has 2 rings (SSSR count). The number of hydrogen-bond acceptors (Lipinski definition) is 2. The lowest BCUT2D eigenvalue weighted by molar-refractivity contribution is 0.281. The number of benzene rings is 1. The fourth-order valence-electron chi connectivity index (χ4n) is 1.46. The standard InChI is InChI=1S/C11H11IOS/c1-2-9-4-7-3-8(6-13)10(12)5-11(7)14-9/h3-5,13H,2,6H2,1H3. The Morgan fingerprint density at radius 1 is 1.36 bits per heavy atom. The van der Waals surface area contributed by atoms with Crippen LogP contribution < -0.4 is 0 Å². The largest absolute Gasteiger partial charge is 0.392 e. The zero-order chi connectivity index (χ0) is 10.1. The van der Waals surface area contributed by atoms with Gasteiger partial charge in [-0.3, -0.25) is 0 Å². The van der Waals surface area contributed by atoms with Crippen LogP contribution in [0.25, 0.3) is 10.1 Å². The summed E-state index contributed by atoms with van der Waals surface area (Å²) in [5.74, 6) is 0. The highest BCUT2D eigenvalue weighted by Gasteiger charge is 2.05. The third kappa shape index (κ3) is 1.81. The molecule has 3 heteroatoms. The number of aliphatic hydroxyl groups excluding tert-OH is 1. The van der Waals surface area contributed by atoms with Crippen LogP contribution in [0.4, 0.5) is 0 Å². The molecule has 1 heterocycles. The Kier molecular flexibility index (Phi) is 3.09. The number of fused-ring (bicyclic) bond motifs is 1. The molecule has 0 aliphatic heterocycles. The minimum absolute atomic E-state index is 0.130. The summed E-state index contributed by atoms with van der Waals surface area (Å²) < 4.78 is 2.48. The molecule has 0 spiro atoms. The molecular formula is C11H11IOS. The van der Waals surface area contributed by atoms with Crippen LogP contribution in [0.5, 0.6) is 0 Å². The van der Waals surface area contributed by atoms with Crippen molar-refractivity contribution in [2.75, 3.05) is 0 Å². The molecule has 0 aliphatic carbocycles. The van der Waals surface area contributed by atoms with Gasteiger partial charge < -0.3 is 5.11 Å². The van der Waals surface area contributed by atoms with Crippen LogP contribution in [0.3, 0.4) is 0 Å². The van der Waals surface area contributed by atoms with Gasteiger partial charge in [-0.15, -0.1) is 11.3 Å². The van der Waals surface area contributed by atoms with E-state index in [9.17, 15) is 0 Å². The quantitative estimate of drug-likeness (QED) is 0.840. The van der Waals surface area contributed by atoms with E-state index in [2.05, 4.69) is 47.7 Å². The number of hydrogen-bond donors (Lipinski definition) is 1. The number of rotatable bonds is 2. The summed E-state index contributed by atoms with van der Waals surface area (Å²) in [4.78, 5) is 1.41. The highest BCUT2D eigenvalue weighted by atomic mass is 127. The van der Waals surface area contributed by atoms with Crippen LogP contribution in [0.1, 0.15) is 17.4 Å². The molecule has 0 saturated carbocycles. The maximum Gasteiger partial charge on any atom is 0.0692 e. The molecule has 1 aromatic carbocycles. The zero-order valence-corrected chi connectivity index (χ0v) is 10.9. The van der Waals surface area contributed by atoms with Gasteiger partial charge >= 0.3 is 0 Å². The smallest absolute Gasteiger partial charge is 0.0692 e. The highest BCUT2D eigenvalue weighted by molar-refractivity contribution is 14.1. The van der Waals surface area contributed by atoms with Crippen LogP contribution in [-0.2, 0) is 13.0 Å². The summed E-state index contributed by atoms with van der Waals surface area (Å²) in [6, 6.07) is 6.47. The Labute approximate surface area is 101 Å². The van der Waals surface area contributed by atoms with Crippen molar-refractivity contribution in [1.82, 2.24) is 0 Å². The molecule has 0 saturated heterocycles. The maximum atomic E-state index is 9.14. The molecule has 0 amide bonds. The van der Waals surface area contributed by atoms with Gasteiger partial charge in [0, 0.05) is 13.1 Å². The van der Waals surface area contributed by atoms with Gasteiger partial charge in [-0.2, -0.15) is 0 Å². The minimum Gasteiger partial charge on any atom is -0.392 e. The summed E-state index contributed by atoms with van der Waals surface area (Å²) in [6.45, 7) is 2.30. The molecule has 1 nitrogen and oxygen atoms in total. The van der Waals surface area contributed by atoms with Gasteiger partial charge in [0.2, 0.25) is 0 Å². The first-order valence-corrected chi connectivity index (χ1v) is 6.45. The first kappa shape index (κ1) is 10.4. The highest BCUT2D eigenvalue weighted by Crippen LogP contribution is 2.29. The van der Waals surface area contributed by atoms with Crippen molar-refractivity contribution in [2.24, 2.45) is 0 Å². The first-order valence-electron chi connectivity index (χ1n) is 4.56. The predicted octanol–water partition coefficient (Wildman–Crippen LogP) is 3.56. The van der Waals surface area contributed by atoms with E-state index in [0.29, 0.717) is 0 Å². The van der Waals surface area contributed by atoms with Crippen molar-refractivity contribution in [3.63, 3.8) is 0 Å². The second-order valence-corrected chi connectivity index (χ2v) is 5.54. The number of thiophene rings is 1. The Balaban J connectivity index is 2.64. The third-order valence-corrected chi connectivity index (χ3v) is 4.50. The van der Waals surface area contributed by atoms with E-state index in [-0.39, 0.29) is 6.61 Å². The third-order valence-electron chi connectivity index (χ3n) is 2.26. The average molecular weight is 318 g/mol. The normalized spacial score (nSPS) is 11.1. The van der Waals surface area contributed by atoms with Gasteiger partial charge in [0.25, 0.3) is 0 Å². The Morgan fingerprint density at radius 2 is 2.14 bits per heavy atom. The first-order chi connectivity index (χ1) is 6.74. The van der Waals surface area contributed by atoms with Crippen molar-refractivity contribution in [3.05, 3.63) is 32.2 Å². The number of halogens is 1. The van der Waals surface area contributed by atoms with Crippen LogP contribution in [-0.4, -0.2) is 5.11 Å². The summed E-state index contributed by atoms with van der Waals surface area (Å²) in [7, 11) is 0. The molecule has 1 N–H and O–H groups in total. The minimum atomic E-state index is 0.130. The average Bonchev–Trinajstić information content (AvgIpc) is 2.58. The van der Waals surface area contributed by atoms with Gasteiger partial charge in [0.1, 0.15) is 0 Å². The van der Waals surface area contributed by atoms with Crippen molar-refractivity contribution in [1.29, 1.82) is 0 Å². The van der Waals surface area contributed by atoms with Gasteiger partial charge in [-0.1, -0.05) is 6.92 Å².